The second-order valence-electron chi connectivity index (χ2n) is 8.33. The maximum Gasteiger partial charge on any atom is 0.187 e. The Bertz CT molecular complexity index is 637. The lowest BCUT2D eigenvalue weighted by Crippen LogP contribution is -2.67. The monoisotopic (exact) mass is 504 g/mol. The third-order valence-electron chi connectivity index (χ3n) is 6.10. The van der Waals surface area contributed by atoms with Gasteiger partial charge in [-0.3, -0.25) is 0 Å². The molecule has 34 heavy (non-hydrogen) atoms. The van der Waals surface area contributed by atoms with E-state index >= 15 is 0 Å². The van der Waals surface area contributed by atoms with Crippen molar-refractivity contribution in [3.05, 3.63) is 0 Å². The van der Waals surface area contributed by atoms with Gasteiger partial charge in [-0.1, -0.05) is 0 Å². The molecule has 0 aromatic carbocycles. The van der Waals surface area contributed by atoms with E-state index in [0.29, 0.717) is 0 Å². The van der Waals surface area contributed by atoms with Crippen molar-refractivity contribution >= 4 is 0 Å². The predicted molar refractivity (Wildman–Crippen MR) is 101 cm³/mol. The first-order valence-electron chi connectivity index (χ1n) is 10.6. The molecule has 3 aliphatic rings. The van der Waals surface area contributed by atoms with Crippen LogP contribution in [0.15, 0.2) is 0 Å². The van der Waals surface area contributed by atoms with E-state index in [9.17, 15) is 56.2 Å². The average Bonchev–Trinajstić information content (AvgIpc) is 2.83. The van der Waals surface area contributed by atoms with Crippen LogP contribution in [0.25, 0.3) is 0 Å². The highest BCUT2D eigenvalue weighted by molar-refractivity contribution is 4.96. The molecule has 0 saturated carbocycles. The van der Waals surface area contributed by atoms with Crippen LogP contribution in [-0.2, 0) is 23.7 Å². The normalized spacial score (nSPS) is 52.5. The Balaban J connectivity index is 1.83. The van der Waals surface area contributed by atoms with Crippen molar-refractivity contribution in [2.24, 2.45) is 0 Å². The summed E-state index contributed by atoms with van der Waals surface area (Å²) >= 11 is 0. The third-order valence-corrected chi connectivity index (χ3v) is 6.10. The minimum absolute atomic E-state index is 0.769. The molecule has 0 amide bonds. The highest BCUT2D eigenvalue weighted by Gasteiger charge is 2.53. The fourth-order valence-corrected chi connectivity index (χ4v) is 4.03. The van der Waals surface area contributed by atoms with Crippen molar-refractivity contribution in [3.63, 3.8) is 0 Å². The fraction of sp³-hybridized carbons (Fsp3) is 1.00. The van der Waals surface area contributed by atoms with Crippen molar-refractivity contribution in [3.8, 4) is 0 Å². The molecule has 0 spiro atoms. The second kappa shape index (κ2) is 11.6. The molecule has 0 aliphatic carbocycles. The molecule has 16 heteroatoms. The number of hydrogen-bond acceptors (Lipinski definition) is 16. The lowest BCUT2D eigenvalue weighted by molar-refractivity contribution is -0.387. The maximum atomic E-state index is 10.6. The molecule has 3 rings (SSSR count). The summed E-state index contributed by atoms with van der Waals surface area (Å²) in [6.45, 7) is -2.33. The number of hydrogen-bond donors (Lipinski definition) is 11. The summed E-state index contributed by atoms with van der Waals surface area (Å²) in [6.07, 6.45) is -25.6. The zero-order valence-corrected chi connectivity index (χ0v) is 17.7. The van der Waals surface area contributed by atoms with Crippen LogP contribution < -0.4 is 0 Å². The minimum Gasteiger partial charge on any atom is -0.394 e. The van der Waals surface area contributed by atoms with Crippen molar-refractivity contribution in [1.82, 2.24) is 0 Å². The standard InChI is InChI=1S/C18H32O16/c19-1-4-7(22)10(25)12(27)17(31-4)33-14-9(24)6(3-21)30-16(29)15(14)34-18-13(28)11(26)8(23)5(2-20)32-18/h4-29H,1-3H2/t4-,5-,6-,7+,8+,9-,10+,11+,12-,13-,14+,15+,16+,17-,18+/m1/s1. The first-order valence-corrected chi connectivity index (χ1v) is 10.6. The maximum absolute atomic E-state index is 10.6. The number of ether oxygens (including phenoxy) is 5. The van der Waals surface area contributed by atoms with Gasteiger partial charge in [0, 0.05) is 0 Å². The lowest BCUT2D eigenvalue weighted by atomic mass is 9.96. The lowest BCUT2D eigenvalue weighted by Gasteiger charge is -2.48. The van der Waals surface area contributed by atoms with Crippen molar-refractivity contribution < 1.29 is 79.9 Å². The van der Waals surface area contributed by atoms with Gasteiger partial charge >= 0.3 is 0 Å². The molecule has 3 saturated heterocycles. The molecule has 0 unspecified atom stereocenters. The predicted octanol–water partition coefficient (Wildman–Crippen LogP) is -7.57. The quantitative estimate of drug-likeness (QED) is 0.154. The molecule has 16 nitrogen and oxygen atoms in total. The second-order valence-corrected chi connectivity index (χ2v) is 8.33. The molecule has 3 fully saturated rings. The van der Waals surface area contributed by atoms with Gasteiger partial charge in [0.2, 0.25) is 0 Å². The van der Waals surface area contributed by atoms with E-state index in [1.165, 1.54) is 0 Å². The Morgan fingerprint density at radius 3 is 1.24 bits per heavy atom. The van der Waals surface area contributed by atoms with E-state index in [2.05, 4.69) is 0 Å². The molecule has 0 radical (unpaired) electrons. The van der Waals surface area contributed by atoms with Crippen LogP contribution >= 0.6 is 0 Å². The first-order chi connectivity index (χ1) is 16.0. The summed E-state index contributed by atoms with van der Waals surface area (Å²) in [5.41, 5.74) is 0. The van der Waals surface area contributed by atoms with Gasteiger partial charge in [0.05, 0.1) is 19.8 Å². The molecular formula is C18H32O16. The zero-order valence-electron chi connectivity index (χ0n) is 17.7. The SMILES string of the molecule is OC[C@H]1O[C@@H](O[C@H]2[C@@H](O[C@H]3O[C@H](CO)[C@H](O)[C@H](O)[C@H]3O)[C@H](O)[C@@H](CO)O[C@@H]2O)[C@H](O)[C@@H](O)[C@H]1O. The third kappa shape index (κ3) is 5.37. The van der Waals surface area contributed by atoms with E-state index in [4.69, 9.17) is 23.7 Å². The van der Waals surface area contributed by atoms with Crippen molar-refractivity contribution in [2.75, 3.05) is 19.8 Å². The van der Waals surface area contributed by atoms with Gasteiger partial charge in [-0.05, 0) is 0 Å². The van der Waals surface area contributed by atoms with Gasteiger partial charge < -0.3 is 79.9 Å². The summed E-state index contributed by atoms with van der Waals surface area (Å²) in [5, 5.41) is 109. The largest absolute Gasteiger partial charge is 0.394 e. The summed E-state index contributed by atoms with van der Waals surface area (Å²) in [4.78, 5) is 0. The van der Waals surface area contributed by atoms with Crippen LogP contribution in [0.2, 0.25) is 0 Å². The molecule has 3 aliphatic heterocycles. The van der Waals surface area contributed by atoms with Crippen LogP contribution in [-0.4, -0.2) is 168 Å². The van der Waals surface area contributed by atoms with Crippen LogP contribution in [0.1, 0.15) is 0 Å². The summed E-state index contributed by atoms with van der Waals surface area (Å²) in [5.74, 6) is 0. The van der Waals surface area contributed by atoms with Gasteiger partial charge in [-0.2, -0.15) is 0 Å². The van der Waals surface area contributed by atoms with Gasteiger partial charge in [-0.25, -0.2) is 0 Å². The smallest absolute Gasteiger partial charge is 0.187 e. The minimum atomic E-state index is -1.94. The van der Waals surface area contributed by atoms with E-state index in [0.717, 1.165) is 0 Å². The van der Waals surface area contributed by atoms with Crippen LogP contribution in [0, 0.1) is 0 Å². The first kappa shape index (κ1) is 27.9. The Morgan fingerprint density at radius 2 is 0.824 bits per heavy atom. The van der Waals surface area contributed by atoms with Gasteiger partial charge in [0.1, 0.15) is 73.2 Å². The Hall–Kier alpha value is -0.640. The summed E-state index contributed by atoms with van der Waals surface area (Å²) in [7, 11) is 0. The average molecular weight is 504 g/mol. The number of aliphatic hydroxyl groups is 11. The van der Waals surface area contributed by atoms with Crippen molar-refractivity contribution in [1.29, 1.82) is 0 Å². The van der Waals surface area contributed by atoms with E-state index in [1.54, 1.807) is 0 Å². The van der Waals surface area contributed by atoms with E-state index < -0.39 is 112 Å². The molecule has 0 aromatic heterocycles. The fourth-order valence-electron chi connectivity index (χ4n) is 4.03. The summed E-state index contributed by atoms with van der Waals surface area (Å²) in [6, 6.07) is 0. The number of aliphatic hydroxyl groups excluding tert-OH is 11. The van der Waals surface area contributed by atoms with Crippen molar-refractivity contribution in [2.45, 2.75) is 92.1 Å². The molecule has 200 valence electrons. The molecule has 0 bridgehead atoms. The molecular weight excluding hydrogens is 472 g/mol. The van der Waals surface area contributed by atoms with Crippen LogP contribution in [0.5, 0.6) is 0 Å². The molecule has 3 heterocycles. The summed E-state index contributed by atoms with van der Waals surface area (Å²) < 4.78 is 26.5. The van der Waals surface area contributed by atoms with Gasteiger partial charge in [0.15, 0.2) is 18.9 Å². The van der Waals surface area contributed by atoms with Gasteiger partial charge in [0.25, 0.3) is 0 Å². The van der Waals surface area contributed by atoms with E-state index in [-0.39, 0.29) is 0 Å². The topological polar surface area (TPSA) is 269 Å². The Morgan fingerprint density at radius 1 is 0.441 bits per heavy atom. The molecule has 11 N–H and O–H groups in total. The Labute approximate surface area is 192 Å². The van der Waals surface area contributed by atoms with E-state index in [1.807, 2.05) is 0 Å². The Kier molecular flexibility index (Phi) is 9.54. The highest BCUT2D eigenvalue weighted by Crippen LogP contribution is 2.32. The molecule has 15 atom stereocenters. The number of rotatable bonds is 7. The highest BCUT2D eigenvalue weighted by atomic mass is 16.8. The van der Waals surface area contributed by atoms with Crippen LogP contribution in [0.3, 0.4) is 0 Å². The molecule has 0 aromatic rings. The zero-order chi connectivity index (χ0) is 25.3. The van der Waals surface area contributed by atoms with Crippen LogP contribution in [0.4, 0.5) is 0 Å². The van der Waals surface area contributed by atoms with Gasteiger partial charge in [-0.15, -0.1) is 0 Å².